The second-order valence-electron chi connectivity index (χ2n) is 5.22. The predicted molar refractivity (Wildman–Crippen MR) is 96.1 cm³/mol. The molecule has 0 aromatic heterocycles. The summed E-state index contributed by atoms with van der Waals surface area (Å²) >= 11 is 6.14. The number of amides is 2. The Hall–Kier alpha value is -2.53. The number of anilines is 2. The highest BCUT2D eigenvalue weighted by Crippen LogP contribution is 2.31. The number of nitrogens with one attached hydrogen (secondary N) is 2. The fraction of sp³-hybridized carbons (Fsp3) is 0.222. The van der Waals surface area contributed by atoms with Gasteiger partial charge in [0.1, 0.15) is 5.75 Å². The molecule has 0 aliphatic heterocycles. The van der Waals surface area contributed by atoms with Crippen LogP contribution in [-0.4, -0.2) is 18.9 Å². The molecule has 0 saturated heterocycles. The van der Waals surface area contributed by atoms with Crippen LogP contribution in [0.25, 0.3) is 0 Å². The van der Waals surface area contributed by atoms with Gasteiger partial charge < -0.3 is 15.4 Å². The second-order valence-corrected chi connectivity index (χ2v) is 5.63. The highest BCUT2D eigenvalue weighted by atomic mass is 35.5. The lowest BCUT2D eigenvalue weighted by Gasteiger charge is -2.13. The Balaban J connectivity index is 2.27. The minimum atomic E-state index is -0.340. The van der Waals surface area contributed by atoms with Gasteiger partial charge in [-0.2, -0.15) is 0 Å². The molecule has 2 aromatic carbocycles. The van der Waals surface area contributed by atoms with Gasteiger partial charge in [0.15, 0.2) is 0 Å². The molecule has 0 aliphatic rings. The zero-order chi connectivity index (χ0) is 17.7. The Morgan fingerprint density at radius 3 is 2.33 bits per heavy atom. The molecule has 5 nitrogen and oxygen atoms in total. The van der Waals surface area contributed by atoms with Crippen molar-refractivity contribution in [3.63, 3.8) is 0 Å². The first-order chi connectivity index (χ1) is 11.4. The number of rotatable bonds is 5. The summed E-state index contributed by atoms with van der Waals surface area (Å²) in [5, 5.41) is 5.66. The van der Waals surface area contributed by atoms with E-state index in [1.54, 1.807) is 0 Å². The smallest absolute Gasteiger partial charge is 0.259 e. The van der Waals surface area contributed by atoms with Crippen molar-refractivity contribution >= 4 is 34.8 Å². The summed E-state index contributed by atoms with van der Waals surface area (Å²) in [6.45, 7) is 3.44. The Morgan fingerprint density at radius 1 is 1.12 bits per heavy atom. The molecule has 0 unspecified atom stereocenters. The lowest BCUT2D eigenvalue weighted by Crippen LogP contribution is -2.14. The van der Waals surface area contributed by atoms with Gasteiger partial charge in [-0.3, -0.25) is 9.59 Å². The van der Waals surface area contributed by atoms with E-state index in [1.807, 2.05) is 24.3 Å². The van der Waals surface area contributed by atoms with Crippen molar-refractivity contribution in [2.75, 3.05) is 17.7 Å². The summed E-state index contributed by atoms with van der Waals surface area (Å²) in [7, 11) is 1.45. The summed E-state index contributed by atoms with van der Waals surface area (Å²) in [4.78, 5) is 23.7. The number of halogens is 1. The first kappa shape index (κ1) is 17.8. The molecule has 126 valence electrons. The van der Waals surface area contributed by atoms with Gasteiger partial charge in [-0.15, -0.1) is 0 Å². The van der Waals surface area contributed by atoms with E-state index < -0.39 is 0 Å². The van der Waals surface area contributed by atoms with E-state index in [1.165, 1.54) is 31.7 Å². The fourth-order valence-electron chi connectivity index (χ4n) is 2.21. The van der Waals surface area contributed by atoms with Gasteiger partial charge >= 0.3 is 0 Å². The van der Waals surface area contributed by atoms with Gasteiger partial charge in [0.25, 0.3) is 5.91 Å². The van der Waals surface area contributed by atoms with Crippen molar-refractivity contribution < 1.29 is 14.3 Å². The molecule has 2 amide bonds. The van der Waals surface area contributed by atoms with Gasteiger partial charge in [-0.1, -0.05) is 30.7 Å². The zero-order valence-corrected chi connectivity index (χ0v) is 14.5. The number of methoxy groups -OCH3 is 1. The van der Waals surface area contributed by atoms with Crippen LogP contribution in [0.1, 0.15) is 29.8 Å². The van der Waals surface area contributed by atoms with Crippen LogP contribution in [0.2, 0.25) is 5.02 Å². The number of ether oxygens (including phenoxy) is 1. The maximum Gasteiger partial charge on any atom is 0.259 e. The number of carbonyl (C=O) groups excluding carboxylic acids is 2. The number of benzene rings is 2. The maximum atomic E-state index is 12.5. The Morgan fingerprint density at radius 2 is 1.79 bits per heavy atom. The topological polar surface area (TPSA) is 67.4 Å². The number of aryl methyl sites for hydroxylation is 1. The van der Waals surface area contributed by atoms with Gasteiger partial charge in [0, 0.05) is 18.7 Å². The Bertz CT molecular complexity index is 758. The van der Waals surface area contributed by atoms with E-state index in [0.29, 0.717) is 17.1 Å². The van der Waals surface area contributed by atoms with Crippen LogP contribution < -0.4 is 15.4 Å². The van der Waals surface area contributed by atoms with Crippen molar-refractivity contribution in [1.82, 2.24) is 0 Å². The highest BCUT2D eigenvalue weighted by Gasteiger charge is 2.16. The summed E-state index contributed by atoms with van der Waals surface area (Å²) in [5.74, 6) is -0.273. The molecule has 0 atom stereocenters. The summed E-state index contributed by atoms with van der Waals surface area (Å²) in [6, 6.07) is 10.6. The lowest BCUT2D eigenvalue weighted by atomic mass is 10.1. The maximum absolute atomic E-state index is 12.5. The third-order valence-corrected chi connectivity index (χ3v) is 3.78. The molecule has 0 heterocycles. The average molecular weight is 347 g/mol. The highest BCUT2D eigenvalue weighted by molar-refractivity contribution is 6.34. The molecule has 6 heteroatoms. The predicted octanol–water partition coefficient (Wildman–Crippen LogP) is 4.12. The minimum Gasteiger partial charge on any atom is -0.496 e. The van der Waals surface area contributed by atoms with Gasteiger partial charge in [0.2, 0.25) is 5.91 Å². The van der Waals surface area contributed by atoms with E-state index in [9.17, 15) is 9.59 Å². The van der Waals surface area contributed by atoms with E-state index in [4.69, 9.17) is 16.3 Å². The monoisotopic (exact) mass is 346 g/mol. The van der Waals surface area contributed by atoms with Gasteiger partial charge in [0.05, 0.1) is 23.4 Å². The molecular weight excluding hydrogens is 328 g/mol. The molecule has 2 N–H and O–H groups in total. The minimum absolute atomic E-state index is 0.257. The number of hydrogen-bond acceptors (Lipinski definition) is 3. The molecule has 24 heavy (non-hydrogen) atoms. The van der Waals surface area contributed by atoms with E-state index in [-0.39, 0.29) is 22.4 Å². The first-order valence-corrected chi connectivity index (χ1v) is 7.87. The van der Waals surface area contributed by atoms with Crippen molar-refractivity contribution in [1.29, 1.82) is 0 Å². The van der Waals surface area contributed by atoms with Crippen LogP contribution >= 0.6 is 11.6 Å². The zero-order valence-electron chi connectivity index (χ0n) is 13.8. The molecule has 0 fully saturated rings. The molecule has 0 spiro atoms. The van der Waals surface area contributed by atoms with Crippen LogP contribution in [0.3, 0.4) is 0 Å². The second kappa shape index (κ2) is 7.84. The number of carbonyl (C=O) groups is 2. The van der Waals surface area contributed by atoms with Crippen molar-refractivity contribution in [2.24, 2.45) is 0 Å². The summed E-state index contributed by atoms with van der Waals surface area (Å²) in [6.07, 6.45) is 0.933. The van der Waals surface area contributed by atoms with Crippen molar-refractivity contribution in [3.8, 4) is 5.75 Å². The van der Waals surface area contributed by atoms with Crippen LogP contribution in [-0.2, 0) is 11.2 Å². The van der Waals surface area contributed by atoms with Crippen molar-refractivity contribution in [2.45, 2.75) is 20.3 Å². The van der Waals surface area contributed by atoms with Crippen LogP contribution in [0.4, 0.5) is 11.4 Å². The SMILES string of the molecule is CCc1ccc(NC(=O)c2cc(Cl)c(NC(C)=O)cc2OC)cc1. The summed E-state index contributed by atoms with van der Waals surface area (Å²) in [5.41, 5.74) is 2.55. The molecular formula is C18H19ClN2O3. The quantitative estimate of drug-likeness (QED) is 0.855. The van der Waals surface area contributed by atoms with E-state index in [2.05, 4.69) is 17.6 Å². The normalized spacial score (nSPS) is 10.2. The number of hydrogen-bond donors (Lipinski definition) is 2. The Labute approximate surface area is 146 Å². The molecule has 0 aliphatic carbocycles. The van der Waals surface area contributed by atoms with Crippen LogP contribution in [0.5, 0.6) is 5.75 Å². The fourth-order valence-corrected chi connectivity index (χ4v) is 2.42. The third-order valence-electron chi connectivity index (χ3n) is 3.46. The molecule has 0 radical (unpaired) electrons. The van der Waals surface area contributed by atoms with E-state index >= 15 is 0 Å². The van der Waals surface area contributed by atoms with E-state index in [0.717, 1.165) is 6.42 Å². The standard InChI is InChI=1S/C18H19ClN2O3/c1-4-12-5-7-13(8-6-12)21-18(23)14-9-15(19)16(20-11(2)22)10-17(14)24-3/h5-10H,4H2,1-3H3,(H,20,22)(H,21,23). The van der Waals surface area contributed by atoms with Crippen molar-refractivity contribution in [3.05, 3.63) is 52.5 Å². The molecule has 2 rings (SSSR count). The lowest BCUT2D eigenvalue weighted by molar-refractivity contribution is -0.114. The van der Waals surface area contributed by atoms with Crippen LogP contribution in [0.15, 0.2) is 36.4 Å². The average Bonchev–Trinajstić information content (AvgIpc) is 2.56. The molecule has 0 bridgehead atoms. The Kier molecular flexibility index (Phi) is 5.82. The third kappa shape index (κ3) is 4.26. The summed E-state index contributed by atoms with van der Waals surface area (Å²) < 4.78 is 5.25. The first-order valence-electron chi connectivity index (χ1n) is 7.50. The largest absolute Gasteiger partial charge is 0.496 e. The molecule has 0 saturated carbocycles. The van der Waals surface area contributed by atoms with Gasteiger partial charge in [-0.05, 0) is 30.2 Å². The molecule has 2 aromatic rings. The van der Waals surface area contributed by atoms with Gasteiger partial charge in [-0.25, -0.2) is 0 Å². The van der Waals surface area contributed by atoms with Crippen LogP contribution in [0, 0.1) is 0 Å².